The van der Waals surface area contributed by atoms with E-state index in [1.807, 2.05) is 95.3 Å². The van der Waals surface area contributed by atoms with Gasteiger partial charge in [0.05, 0.1) is 11.6 Å². The topological polar surface area (TPSA) is 312 Å². The number of ether oxygens (including phenoxy) is 5. The first-order valence-electron chi connectivity index (χ1n) is 27.1. The second-order valence-corrected chi connectivity index (χ2v) is 21.6. The molecular weight excluding hydrogens is 1030 g/mol. The summed E-state index contributed by atoms with van der Waals surface area (Å²) < 4.78 is 23.8. The number of isocyanates is 5. The Hall–Kier alpha value is -8.21. The number of fused-ring (bicyclic) bond motifs is 2. The zero-order valence-corrected chi connectivity index (χ0v) is 49.6. The van der Waals surface area contributed by atoms with Gasteiger partial charge < -0.3 is 23.7 Å². The largest absolute Gasteiger partial charge is 0.427 e. The maximum Gasteiger partial charge on any atom is 0.287 e. The van der Waals surface area contributed by atoms with Crippen LogP contribution < -0.4 is 0 Å². The van der Waals surface area contributed by atoms with Gasteiger partial charge >= 0.3 is 0 Å². The first kappa shape index (κ1) is 77.0. The van der Waals surface area contributed by atoms with Crippen LogP contribution in [0.2, 0.25) is 0 Å². The lowest BCUT2D eigenvalue weighted by Crippen LogP contribution is -2.40. The van der Waals surface area contributed by atoms with Crippen LogP contribution in [0.25, 0.3) is 0 Å². The minimum Gasteiger partial charge on any atom is -0.427 e. The minimum atomic E-state index is -0.518. The Labute approximate surface area is 481 Å². The van der Waals surface area contributed by atoms with Gasteiger partial charge in [-0.25, -0.2) is 48.9 Å². The lowest BCUT2D eigenvalue weighted by atomic mass is 9.63. The molecule has 4 fully saturated rings. The molecule has 0 aromatic heterocycles. The van der Waals surface area contributed by atoms with E-state index in [0.29, 0.717) is 57.9 Å². The lowest BCUT2D eigenvalue weighted by molar-refractivity contribution is 0.0288. The quantitative estimate of drug-likeness (QED) is 0.0964. The number of hydrogen-bond donors (Lipinski definition) is 0. The molecule has 5 atom stereocenters. The van der Waals surface area contributed by atoms with Gasteiger partial charge in [-0.1, -0.05) is 107 Å². The molecule has 81 heavy (non-hydrogen) atoms. The number of nitriles is 5. The van der Waals surface area contributed by atoms with Crippen LogP contribution in [-0.2, 0) is 59.9 Å². The molecule has 0 amide bonds. The van der Waals surface area contributed by atoms with Gasteiger partial charge in [0.2, 0.25) is 30.4 Å². The molecule has 2 aromatic carbocycles. The fraction of sp³-hybridized carbons (Fsp3) is 0.639. The van der Waals surface area contributed by atoms with Crippen LogP contribution >= 0.6 is 0 Å². The van der Waals surface area contributed by atoms with Crippen LogP contribution in [0.15, 0.2) is 85.6 Å². The van der Waals surface area contributed by atoms with Crippen molar-refractivity contribution in [1.29, 1.82) is 26.3 Å². The van der Waals surface area contributed by atoms with Crippen molar-refractivity contribution in [3.8, 4) is 31.3 Å². The van der Waals surface area contributed by atoms with Gasteiger partial charge in [0, 0.05) is 25.0 Å². The smallest absolute Gasteiger partial charge is 0.287 e. The summed E-state index contributed by atoms with van der Waals surface area (Å²) in [4.78, 5) is 64.0. The molecule has 0 heterocycles. The number of rotatable bonds is 14. The van der Waals surface area contributed by atoms with Crippen molar-refractivity contribution in [2.75, 3.05) is 39.5 Å². The molecule has 20 nitrogen and oxygen atoms in total. The fourth-order valence-corrected chi connectivity index (χ4v) is 9.33. The molecule has 4 aliphatic rings. The normalized spacial score (nSPS) is 18.8. The van der Waals surface area contributed by atoms with Gasteiger partial charge in [0.1, 0.15) is 32.0 Å². The van der Waals surface area contributed by atoms with Crippen molar-refractivity contribution in [1.82, 2.24) is 0 Å². The van der Waals surface area contributed by atoms with Crippen LogP contribution in [0.3, 0.4) is 0 Å². The van der Waals surface area contributed by atoms with E-state index in [2.05, 4.69) is 55.2 Å². The standard InChI is InChI=1S/C12H18N2O2.C10H11NO.C9H13NO.C8H13NO.C8H7NO.C5H9NO.3C3H5NO/c1-11(2)4-10(14-9-15)5-12(3,6-11)7-16-8-13;1-10(2,12-8-11)9-6-4-3-5-7-9;10-6-11-5-9-4-7-1-2-8(9)3-7;2*9-7-10-6-8-4-2-1-3-5-8;1-5(2,3)6-4-7;3*1-2-4-3-5/h10H,4-7H2,1-3H3;3-7H,1-2H3;7-9H,1-5H2;8H,1-6H2;1-5H,6H2;1-3H3;3*2H2,1H3. The van der Waals surface area contributed by atoms with Crippen LogP contribution in [-0.4, -0.2) is 81.4 Å². The summed E-state index contributed by atoms with van der Waals surface area (Å²) in [5, 5.41) is 41.2. The average molecular weight is 1120 g/mol. The fourth-order valence-electron chi connectivity index (χ4n) is 9.33. The number of benzene rings is 2. The number of aliphatic imine (C=N–C) groups is 5. The Morgan fingerprint density at radius 1 is 0.580 bits per heavy atom. The predicted molar refractivity (Wildman–Crippen MR) is 305 cm³/mol. The molecule has 0 N–H and O–H groups in total. The molecule has 20 heteroatoms. The highest BCUT2D eigenvalue weighted by Gasteiger charge is 2.42. The van der Waals surface area contributed by atoms with E-state index in [1.54, 1.807) is 58.1 Å². The molecule has 0 radical (unpaired) electrons. The molecule has 4 saturated carbocycles. The van der Waals surface area contributed by atoms with Crippen LogP contribution in [0.1, 0.15) is 164 Å². The molecule has 4 aliphatic carbocycles. The van der Waals surface area contributed by atoms with Crippen LogP contribution in [0.5, 0.6) is 0 Å². The Bertz CT molecular complexity index is 2390. The van der Waals surface area contributed by atoms with Crippen molar-refractivity contribution in [3.05, 3.63) is 71.8 Å². The Kier molecular flexibility index (Phi) is 46.5. The van der Waals surface area contributed by atoms with Gasteiger partial charge in [-0.15, -0.1) is 0 Å². The van der Waals surface area contributed by atoms with E-state index < -0.39 is 5.60 Å². The number of carbonyl (C=O) groups excluding carboxylic acids is 5. The van der Waals surface area contributed by atoms with E-state index in [1.165, 1.54) is 82.1 Å². The summed E-state index contributed by atoms with van der Waals surface area (Å²) >= 11 is 0. The highest BCUT2D eigenvalue weighted by molar-refractivity contribution is 5.34. The second-order valence-electron chi connectivity index (χ2n) is 21.6. The van der Waals surface area contributed by atoms with Crippen molar-refractivity contribution in [3.63, 3.8) is 0 Å². The van der Waals surface area contributed by atoms with Gasteiger partial charge in [0.15, 0.2) is 0 Å². The number of nitrogens with zero attached hydrogens (tertiary/aromatic N) is 10. The average Bonchev–Trinajstić information content (AvgIpc) is 4.07. The third kappa shape index (κ3) is 44.4. The molecule has 2 bridgehead atoms. The first-order valence-corrected chi connectivity index (χ1v) is 27.1. The Morgan fingerprint density at radius 2 is 1.10 bits per heavy atom. The molecular formula is C61H86N10O10. The maximum atomic E-state index is 10.3. The predicted octanol–water partition coefficient (Wildman–Crippen LogP) is 12.6. The molecule has 0 aliphatic heterocycles. The highest BCUT2D eigenvalue weighted by Crippen LogP contribution is 2.48. The second kappa shape index (κ2) is 48.9. The third-order valence-electron chi connectivity index (χ3n) is 12.5. The molecule has 0 saturated heterocycles. The van der Waals surface area contributed by atoms with Crippen LogP contribution in [0.4, 0.5) is 0 Å². The summed E-state index contributed by atoms with van der Waals surface area (Å²) in [6.45, 7) is 24.7. The molecule has 440 valence electrons. The highest BCUT2D eigenvalue weighted by atomic mass is 16.5. The zero-order valence-electron chi connectivity index (χ0n) is 49.6. The maximum absolute atomic E-state index is 10.3. The van der Waals surface area contributed by atoms with E-state index in [4.69, 9.17) is 54.9 Å². The number of hydrogen-bond acceptors (Lipinski definition) is 20. The van der Waals surface area contributed by atoms with Gasteiger partial charge in [0.25, 0.3) is 31.3 Å². The molecule has 0 spiro atoms. The van der Waals surface area contributed by atoms with E-state index in [0.717, 1.165) is 42.2 Å². The van der Waals surface area contributed by atoms with Crippen molar-refractivity contribution in [2.24, 2.45) is 59.5 Å². The van der Waals surface area contributed by atoms with Crippen molar-refractivity contribution < 1.29 is 47.7 Å². The minimum absolute atomic E-state index is 0.00791. The van der Waals surface area contributed by atoms with E-state index in [9.17, 15) is 9.59 Å². The van der Waals surface area contributed by atoms with Crippen LogP contribution in [0, 0.1) is 92.1 Å². The SMILES string of the molecule is CC(C)(C)N=C=O.CC(C)(OC#N)c1ccccc1.CC1(C)CC(N=C=O)CC(C)(COC#N)C1.CCN=C=O.CCN=C=O.CCN=C=O.N#COCC1CC2CCC1C2.N#COCC1CCCCC1.N#COCc1ccccc1. The summed E-state index contributed by atoms with van der Waals surface area (Å²) in [5.41, 5.74) is 1.30. The van der Waals surface area contributed by atoms with Crippen molar-refractivity contribution >= 4 is 30.4 Å². The Balaban J connectivity index is -0.000000867. The molecule has 5 unspecified atom stereocenters. The lowest BCUT2D eigenvalue weighted by Gasteiger charge is -2.44. The first-order chi connectivity index (χ1) is 38.6. The molecule has 2 aromatic rings. The monoisotopic (exact) mass is 1120 g/mol. The van der Waals surface area contributed by atoms with E-state index >= 15 is 0 Å². The summed E-state index contributed by atoms with van der Waals surface area (Å²) in [6, 6.07) is 19.3. The Morgan fingerprint density at radius 3 is 1.49 bits per heavy atom. The third-order valence-corrected chi connectivity index (χ3v) is 12.5. The molecule has 6 rings (SSSR count). The summed E-state index contributed by atoms with van der Waals surface area (Å²) in [7, 11) is 0. The van der Waals surface area contributed by atoms with E-state index in [-0.39, 0.29) is 22.4 Å². The van der Waals surface area contributed by atoms with Gasteiger partial charge in [-0.2, -0.15) is 26.3 Å². The van der Waals surface area contributed by atoms with Crippen molar-refractivity contribution in [2.45, 2.75) is 177 Å². The summed E-state index contributed by atoms with van der Waals surface area (Å²) in [5.74, 6) is 3.21. The zero-order chi connectivity index (χ0) is 61.7. The van der Waals surface area contributed by atoms with Gasteiger partial charge in [-0.3, -0.25) is 0 Å². The summed E-state index contributed by atoms with van der Waals surface area (Å²) in [6.07, 6.45) is 30.5. The van der Waals surface area contributed by atoms with Gasteiger partial charge in [-0.05, 0) is 147 Å².